The predicted molar refractivity (Wildman–Crippen MR) is 135 cm³/mol. The highest BCUT2D eigenvalue weighted by Crippen LogP contribution is 2.36. The summed E-state index contributed by atoms with van der Waals surface area (Å²) in [7, 11) is 1.41. The Bertz CT molecular complexity index is 1190. The summed E-state index contributed by atoms with van der Waals surface area (Å²) in [6, 6.07) is 6.82. The molecular formula is C26H33N5O6. The van der Waals surface area contributed by atoms with Crippen LogP contribution in [0.15, 0.2) is 24.3 Å². The van der Waals surface area contributed by atoms with Crippen molar-refractivity contribution in [1.82, 2.24) is 20.1 Å². The summed E-state index contributed by atoms with van der Waals surface area (Å²) >= 11 is 0. The number of primary amides is 1. The average molecular weight is 512 g/mol. The van der Waals surface area contributed by atoms with Gasteiger partial charge in [-0.1, -0.05) is 18.6 Å². The maximum atomic E-state index is 13.8. The zero-order chi connectivity index (χ0) is 26.5. The molecule has 3 amide bonds. The maximum Gasteiger partial charge on any atom is 0.303 e. The monoisotopic (exact) mass is 511 g/mol. The van der Waals surface area contributed by atoms with E-state index in [-0.39, 0.29) is 47.7 Å². The third kappa shape index (κ3) is 5.66. The second-order valence-corrected chi connectivity index (χ2v) is 9.42. The summed E-state index contributed by atoms with van der Waals surface area (Å²) in [5.41, 5.74) is 6.31. The van der Waals surface area contributed by atoms with Gasteiger partial charge in [-0.25, -0.2) is 0 Å². The molecule has 0 aliphatic carbocycles. The summed E-state index contributed by atoms with van der Waals surface area (Å²) in [5, 5.41) is 13.2. The van der Waals surface area contributed by atoms with Gasteiger partial charge in [0.2, 0.25) is 11.8 Å². The lowest BCUT2D eigenvalue weighted by Crippen LogP contribution is -2.56. The van der Waals surface area contributed by atoms with Crippen molar-refractivity contribution in [3.8, 4) is 5.75 Å². The number of fused-ring (bicyclic) bond motifs is 1. The normalized spacial score (nSPS) is 18.9. The first-order valence-electron chi connectivity index (χ1n) is 12.6. The molecule has 2 aliphatic heterocycles. The smallest absolute Gasteiger partial charge is 0.303 e. The van der Waals surface area contributed by atoms with Gasteiger partial charge in [0.05, 0.1) is 30.3 Å². The molecule has 198 valence electrons. The fourth-order valence-corrected chi connectivity index (χ4v) is 5.20. The highest BCUT2D eigenvalue weighted by atomic mass is 16.5. The number of piperazine rings is 1. The van der Waals surface area contributed by atoms with E-state index in [9.17, 15) is 24.3 Å². The van der Waals surface area contributed by atoms with E-state index >= 15 is 0 Å². The number of ether oxygens (including phenoxy) is 1. The number of hydrogen-bond acceptors (Lipinski definition) is 7. The lowest BCUT2D eigenvalue weighted by molar-refractivity contribution is -0.142. The molecule has 0 radical (unpaired) electrons. The predicted octanol–water partition coefficient (Wildman–Crippen LogP) is 1.10. The van der Waals surface area contributed by atoms with E-state index in [2.05, 4.69) is 10.3 Å². The molecule has 2 fully saturated rings. The van der Waals surface area contributed by atoms with E-state index in [4.69, 9.17) is 10.5 Å². The van der Waals surface area contributed by atoms with Gasteiger partial charge in [-0.05, 0) is 37.9 Å². The van der Waals surface area contributed by atoms with E-state index in [0.717, 1.165) is 25.8 Å². The lowest BCUT2D eigenvalue weighted by Gasteiger charge is -2.38. The fraction of sp³-hybridized carbons (Fsp3) is 0.500. The van der Waals surface area contributed by atoms with Crippen molar-refractivity contribution >= 4 is 34.6 Å². The molecule has 4 rings (SSSR count). The number of rotatable bonds is 8. The molecule has 2 saturated heterocycles. The van der Waals surface area contributed by atoms with E-state index < -0.39 is 17.8 Å². The van der Waals surface area contributed by atoms with Crippen LogP contribution < -0.4 is 15.8 Å². The number of amides is 3. The number of nitrogens with one attached hydrogen (secondary N) is 1. The third-order valence-electron chi connectivity index (χ3n) is 7.11. The van der Waals surface area contributed by atoms with Crippen LogP contribution >= 0.6 is 0 Å². The van der Waals surface area contributed by atoms with Crippen LogP contribution in [-0.2, 0) is 14.4 Å². The van der Waals surface area contributed by atoms with Crippen molar-refractivity contribution in [3.63, 3.8) is 0 Å². The average Bonchev–Trinajstić information content (AvgIpc) is 2.92. The number of carboxylic acids is 1. The largest absolute Gasteiger partial charge is 0.495 e. The van der Waals surface area contributed by atoms with Gasteiger partial charge < -0.3 is 30.7 Å². The van der Waals surface area contributed by atoms with Crippen LogP contribution in [0.1, 0.15) is 54.1 Å². The summed E-state index contributed by atoms with van der Waals surface area (Å²) in [6.45, 7) is 2.19. The minimum Gasteiger partial charge on any atom is -0.495 e. The van der Waals surface area contributed by atoms with Crippen LogP contribution in [0.3, 0.4) is 0 Å². The van der Waals surface area contributed by atoms with Crippen molar-refractivity contribution in [3.05, 3.63) is 35.5 Å². The summed E-state index contributed by atoms with van der Waals surface area (Å²) in [6.07, 6.45) is 2.52. The maximum absolute atomic E-state index is 13.8. The van der Waals surface area contributed by atoms with Crippen molar-refractivity contribution in [1.29, 1.82) is 0 Å². The number of pyridine rings is 1. The second kappa shape index (κ2) is 11.5. The lowest BCUT2D eigenvalue weighted by atomic mass is 9.91. The second-order valence-electron chi connectivity index (χ2n) is 9.42. The van der Waals surface area contributed by atoms with Crippen molar-refractivity contribution < 1.29 is 29.0 Å². The number of piperidine rings is 1. The fourth-order valence-electron chi connectivity index (χ4n) is 5.20. The molecule has 1 aromatic carbocycles. The molecule has 2 unspecified atom stereocenters. The standard InChI is InChI=1S/C26H33N5O6/c1-37-23-16-6-2-3-7-18(16)29-22(21(23)24(27)34)17(9-10-20(32)33)25(35)30-12-14-31(15-13-30)26(36)19-8-4-5-11-28-19/h2-3,6-7,17,19,28H,4-5,8-15H2,1H3,(H2,27,34)(H,32,33). The minimum absolute atomic E-state index is 0.0258. The van der Waals surface area contributed by atoms with E-state index in [0.29, 0.717) is 37.1 Å². The molecule has 1 aromatic heterocycles. The van der Waals surface area contributed by atoms with Crippen molar-refractivity contribution in [2.24, 2.45) is 5.73 Å². The summed E-state index contributed by atoms with van der Waals surface area (Å²) in [4.78, 5) is 58.7. The van der Waals surface area contributed by atoms with Gasteiger partial charge in [0.25, 0.3) is 5.91 Å². The number of carbonyl (C=O) groups excluding carboxylic acids is 3. The number of aliphatic carboxylic acids is 1. The number of benzene rings is 1. The number of nitrogens with two attached hydrogens (primary N) is 1. The Morgan fingerprint density at radius 1 is 1.14 bits per heavy atom. The number of methoxy groups -OCH3 is 1. The van der Waals surface area contributed by atoms with Crippen LogP contribution in [0.2, 0.25) is 0 Å². The molecule has 3 heterocycles. The number of aromatic nitrogens is 1. The van der Waals surface area contributed by atoms with E-state index in [1.807, 2.05) is 0 Å². The van der Waals surface area contributed by atoms with Crippen LogP contribution in [0.5, 0.6) is 5.75 Å². The van der Waals surface area contributed by atoms with Crippen LogP contribution in [0.25, 0.3) is 10.9 Å². The van der Waals surface area contributed by atoms with Crippen LogP contribution in [0, 0.1) is 0 Å². The number of nitrogens with zero attached hydrogens (tertiary/aromatic N) is 3. The summed E-state index contributed by atoms with van der Waals surface area (Å²) in [5.74, 6) is -2.99. The molecule has 37 heavy (non-hydrogen) atoms. The van der Waals surface area contributed by atoms with Gasteiger partial charge in [-0.3, -0.25) is 24.2 Å². The molecule has 0 saturated carbocycles. The molecular weight excluding hydrogens is 478 g/mol. The number of hydrogen-bond donors (Lipinski definition) is 3. The molecule has 2 aliphatic rings. The zero-order valence-corrected chi connectivity index (χ0v) is 20.9. The first kappa shape index (κ1) is 26.3. The molecule has 11 heteroatoms. The Morgan fingerprint density at radius 2 is 1.84 bits per heavy atom. The van der Waals surface area contributed by atoms with E-state index in [1.165, 1.54) is 7.11 Å². The Labute approximate surface area is 214 Å². The number of carboxylic acid groups (broad SMARTS) is 1. The first-order chi connectivity index (χ1) is 17.8. The van der Waals surface area contributed by atoms with Gasteiger partial charge in [-0.15, -0.1) is 0 Å². The van der Waals surface area contributed by atoms with Crippen molar-refractivity contribution in [2.45, 2.75) is 44.1 Å². The highest BCUT2D eigenvalue weighted by molar-refractivity contribution is 6.04. The van der Waals surface area contributed by atoms with Gasteiger partial charge in [0.1, 0.15) is 11.3 Å². The van der Waals surface area contributed by atoms with E-state index in [1.54, 1.807) is 34.1 Å². The third-order valence-corrected chi connectivity index (χ3v) is 7.11. The Hall–Kier alpha value is -3.73. The first-order valence-corrected chi connectivity index (χ1v) is 12.6. The zero-order valence-electron chi connectivity index (χ0n) is 20.9. The van der Waals surface area contributed by atoms with Crippen molar-refractivity contribution in [2.75, 3.05) is 39.8 Å². The van der Waals surface area contributed by atoms with Gasteiger partial charge >= 0.3 is 5.97 Å². The molecule has 2 aromatic rings. The van der Waals surface area contributed by atoms with Crippen LogP contribution in [-0.4, -0.2) is 89.5 Å². The quantitative estimate of drug-likeness (QED) is 0.476. The Balaban J connectivity index is 1.62. The van der Waals surface area contributed by atoms with Crippen LogP contribution in [0.4, 0.5) is 0 Å². The molecule has 11 nitrogen and oxygen atoms in total. The summed E-state index contributed by atoms with van der Waals surface area (Å²) < 4.78 is 5.53. The Kier molecular flexibility index (Phi) is 8.22. The topological polar surface area (TPSA) is 155 Å². The Morgan fingerprint density at radius 3 is 2.46 bits per heavy atom. The van der Waals surface area contributed by atoms with Gasteiger partial charge in [0, 0.05) is 38.0 Å². The number of para-hydroxylation sites is 1. The highest BCUT2D eigenvalue weighted by Gasteiger charge is 2.36. The molecule has 0 bridgehead atoms. The molecule has 0 spiro atoms. The molecule has 4 N–H and O–H groups in total. The molecule has 2 atom stereocenters. The minimum atomic E-state index is -1.07. The van der Waals surface area contributed by atoms with Gasteiger partial charge in [0.15, 0.2) is 0 Å². The van der Waals surface area contributed by atoms with Gasteiger partial charge in [-0.2, -0.15) is 0 Å². The SMILES string of the molecule is COc1c(C(N)=O)c(C(CCC(=O)O)C(=O)N2CCN(C(=O)C3CCCCN3)CC2)nc2ccccc12. The number of carbonyl (C=O) groups is 4.